The van der Waals surface area contributed by atoms with Crippen LogP contribution in [-0.4, -0.2) is 21.0 Å². The van der Waals surface area contributed by atoms with Crippen LogP contribution in [0.2, 0.25) is 5.15 Å². The van der Waals surface area contributed by atoms with Crippen molar-refractivity contribution in [2.75, 3.05) is 0 Å². The smallest absolute Gasteiger partial charge is 0.356 e. The largest absolute Gasteiger partial charge is 0.476 e. The molecule has 0 saturated heterocycles. The molecule has 0 aliphatic rings. The summed E-state index contributed by atoms with van der Waals surface area (Å²) in [5, 5.41) is 8.57. The summed E-state index contributed by atoms with van der Waals surface area (Å²) >= 11 is 5.52. The van der Waals surface area contributed by atoms with Crippen molar-refractivity contribution in [2.24, 2.45) is 0 Å². The lowest BCUT2D eigenvalue weighted by Gasteiger charge is -1.95. The summed E-state index contributed by atoms with van der Waals surface area (Å²) in [4.78, 5) is 17.6. The molecule has 0 amide bonds. The number of halogens is 1. The van der Waals surface area contributed by atoms with Gasteiger partial charge >= 0.3 is 5.97 Å². The van der Waals surface area contributed by atoms with Crippen LogP contribution >= 0.6 is 11.6 Å². The van der Waals surface area contributed by atoms with Crippen LogP contribution in [-0.2, 0) is 0 Å². The molecule has 5 heteroatoms. The van der Waals surface area contributed by atoms with Gasteiger partial charge in [0.2, 0.25) is 0 Å². The molecule has 1 aromatic rings. The van der Waals surface area contributed by atoms with Gasteiger partial charge in [-0.25, -0.2) is 9.78 Å². The minimum atomic E-state index is -1.13. The Morgan fingerprint density at radius 2 is 2.36 bits per heavy atom. The number of aryl methyl sites for hydroxylation is 1. The molecular formula is C6H5ClN2O2. The van der Waals surface area contributed by atoms with E-state index >= 15 is 0 Å². The monoisotopic (exact) mass is 172 g/mol. The number of carbonyl (C=O) groups is 1. The van der Waals surface area contributed by atoms with E-state index < -0.39 is 5.97 Å². The van der Waals surface area contributed by atoms with Crippen molar-refractivity contribution in [3.8, 4) is 0 Å². The number of hydrogen-bond acceptors (Lipinski definition) is 3. The fraction of sp³-hybridized carbons (Fsp3) is 0.167. The average molecular weight is 173 g/mol. The molecule has 58 valence electrons. The molecule has 0 aliphatic carbocycles. The van der Waals surface area contributed by atoms with Gasteiger partial charge < -0.3 is 5.11 Å². The first-order valence-electron chi connectivity index (χ1n) is 2.83. The fourth-order valence-corrected chi connectivity index (χ4v) is 0.670. The highest BCUT2D eigenvalue weighted by atomic mass is 35.5. The Kier molecular flexibility index (Phi) is 2.05. The molecule has 0 spiro atoms. The number of rotatable bonds is 1. The van der Waals surface area contributed by atoms with E-state index in [1.165, 1.54) is 6.20 Å². The summed E-state index contributed by atoms with van der Waals surface area (Å²) in [6, 6.07) is 0. The first-order valence-corrected chi connectivity index (χ1v) is 3.21. The zero-order valence-corrected chi connectivity index (χ0v) is 6.46. The van der Waals surface area contributed by atoms with Crippen molar-refractivity contribution in [1.82, 2.24) is 9.97 Å². The lowest BCUT2D eigenvalue weighted by Crippen LogP contribution is -2.02. The van der Waals surface area contributed by atoms with Gasteiger partial charge in [-0.2, -0.15) is 0 Å². The van der Waals surface area contributed by atoms with Gasteiger partial charge in [0.25, 0.3) is 0 Å². The molecule has 0 saturated carbocycles. The van der Waals surface area contributed by atoms with E-state index in [4.69, 9.17) is 16.7 Å². The Morgan fingerprint density at radius 1 is 1.73 bits per heavy atom. The molecule has 0 atom stereocenters. The summed E-state index contributed by atoms with van der Waals surface area (Å²) in [5.74, 6) is -1.13. The van der Waals surface area contributed by atoms with Crippen molar-refractivity contribution >= 4 is 17.6 Å². The fourth-order valence-electron chi connectivity index (χ4n) is 0.530. The van der Waals surface area contributed by atoms with Gasteiger partial charge in [0.05, 0.1) is 11.9 Å². The quantitative estimate of drug-likeness (QED) is 0.690. The van der Waals surface area contributed by atoms with E-state index in [1.54, 1.807) is 6.92 Å². The molecule has 0 fully saturated rings. The van der Waals surface area contributed by atoms with E-state index in [1.807, 2.05) is 0 Å². The van der Waals surface area contributed by atoms with Crippen LogP contribution in [0, 0.1) is 6.92 Å². The third-order valence-electron chi connectivity index (χ3n) is 1.12. The number of hydrogen-bond donors (Lipinski definition) is 1. The summed E-state index contributed by atoms with van der Waals surface area (Å²) in [5.41, 5.74) is 0.386. The van der Waals surface area contributed by atoms with Crippen LogP contribution in [0.3, 0.4) is 0 Å². The highest BCUT2D eigenvalue weighted by molar-refractivity contribution is 6.30. The molecule has 0 bridgehead atoms. The molecule has 0 aliphatic heterocycles. The van der Waals surface area contributed by atoms with E-state index in [0.717, 1.165) is 0 Å². The van der Waals surface area contributed by atoms with Crippen molar-refractivity contribution in [1.29, 1.82) is 0 Å². The minimum Gasteiger partial charge on any atom is -0.476 e. The third kappa shape index (κ3) is 1.65. The predicted octanol–water partition coefficient (Wildman–Crippen LogP) is 1.14. The molecule has 1 N–H and O–H groups in total. The predicted molar refractivity (Wildman–Crippen MR) is 38.7 cm³/mol. The standard InChI is InChI=1S/C6H5ClN2O2/c1-3-5(7)9-4(2-8-3)6(10)11/h2H,1H3,(H,10,11). The van der Waals surface area contributed by atoms with Crippen LogP contribution in [0.25, 0.3) is 0 Å². The SMILES string of the molecule is Cc1ncc(C(=O)O)nc1Cl. The Hall–Kier alpha value is -1.16. The average Bonchev–Trinajstić information content (AvgIpc) is 1.94. The summed E-state index contributed by atoms with van der Waals surface area (Å²) in [6.07, 6.45) is 1.17. The van der Waals surface area contributed by atoms with Gasteiger partial charge in [-0.05, 0) is 6.92 Å². The van der Waals surface area contributed by atoms with Gasteiger partial charge in [-0.3, -0.25) is 4.98 Å². The normalized spacial score (nSPS) is 9.64. The van der Waals surface area contributed by atoms with Crippen LogP contribution in [0.4, 0.5) is 0 Å². The lowest BCUT2D eigenvalue weighted by molar-refractivity contribution is 0.0690. The minimum absolute atomic E-state index is 0.130. The maximum absolute atomic E-state index is 10.3. The van der Waals surface area contributed by atoms with Crippen LogP contribution in [0.5, 0.6) is 0 Å². The van der Waals surface area contributed by atoms with Crippen molar-refractivity contribution in [3.05, 3.63) is 22.7 Å². The second kappa shape index (κ2) is 2.84. The molecule has 11 heavy (non-hydrogen) atoms. The number of carboxylic acid groups (broad SMARTS) is 1. The van der Waals surface area contributed by atoms with Crippen LogP contribution in [0.1, 0.15) is 16.2 Å². The Morgan fingerprint density at radius 3 is 2.82 bits per heavy atom. The highest BCUT2D eigenvalue weighted by Crippen LogP contribution is 2.08. The molecule has 4 nitrogen and oxygen atoms in total. The summed E-state index contributed by atoms with van der Waals surface area (Å²) < 4.78 is 0. The molecule has 1 rings (SSSR count). The summed E-state index contributed by atoms with van der Waals surface area (Å²) in [6.45, 7) is 1.65. The number of carboxylic acids is 1. The maximum Gasteiger partial charge on any atom is 0.356 e. The van der Waals surface area contributed by atoms with E-state index in [2.05, 4.69) is 9.97 Å². The topological polar surface area (TPSA) is 63.1 Å². The number of aromatic nitrogens is 2. The molecular weight excluding hydrogens is 168 g/mol. The molecule has 0 aromatic carbocycles. The van der Waals surface area contributed by atoms with Crippen molar-refractivity contribution in [2.45, 2.75) is 6.92 Å². The molecule has 1 aromatic heterocycles. The van der Waals surface area contributed by atoms with Gasteiger partial charge in [-0.1, -0.05) is 11.6 Å². The third-order valence-corrected chi connectivity index (χ3v) is 1.47. The summed E-state index contributed by atoms with van der Waals surface area (Å²) in [7, 11) is 0. The van der Waals surface area contributed by atoms with Gasteiger partial charge in [0, 0.05) is 0 Å². The maximum atomic E-state index is 10.3. The van der Waals surface area contributed by atoms with E-state index in [-0.39, 0.29) is 10.8 Å². The van der Waals surface area contributed by atoms with E-state index in [0.29, 0.717) is 5.69 Å². The van der Waals surface area contributed by atoms with Crippen molar-refractivity contribution < 1.29 is 9.90 Å². The molecule has 0 radical (unpaired) electrons. The van der Waals surface area contributed by atoms with Gasteiger partial charge in [0.15, 0.2) is 10.8 Å². The lowest BCUT2D eigenvalue weighted by atomic mass is 10.4. The van der Waals surface area contributed by atoms with Gasteiger partial charge in [0.1, 0.15) is 0 Å². The number of nitrogens with zero attached hydrogens (tertiary/aromatic N) is 2. The van der Waals surface area contributed by atoms with Crippen LogP contribution < -0.4 is 0 Å². The Bertz CT molecular complexity index is 301. The van der Waals surface area contributed by atoms with Crippen molar-refractivity contribution in [3.63, 3.8) is 0 Å². The second-order valence-electron chi connectivity index (χ2n) is 1.94. The highest BCUT2D eigenvalue weighted by Gasteiger charge is 2.06. The first kappa shape index (κ1) is 7.94. The zero-order valence-electron chi connectivity index (χ0n) is 5.71. The molecule has 1 heterocycles. The number of aromatic carboxylic acids is 1. The van der Waals surface area contributed by atoms with Gasteiger partial charge in [-0.15, -0.1) is 0 Å². The second-order valence-corrected chi connectivity index (χ2v) is 2.29. The van der Waals surface area contributed by atoms with Crippen LogP contribution in [0.15, 0.2) is 6.20 Å². The Labute approximate surface area is 67.9 Å². The first-order chi connectivity index (χ1) is 5.11. The Balaban J connectivity index is 3.15. The molecule has 0 unspecified atom stereocenters. The zero-order chi connectivity index (χ0) is 8.43. The van der Waals surface area contributed by atoms with E-state index in [9.17, 15) is 4.79 Å².